The number of para-hydroxylation sites is 2. The van der Waals surface area contributed by atoms with E-state index in [2.05, 4.69) is 12.2 Å². The van der Waals surface area contributed by atoms with Crippen molar-refractivity contribution in [3.05, 3.63) is 133 Å². The van der Waals surface area contributed by atoms with Gasteiger partial charge in [0, 0.05) is 34.8 Å². The van der Waals surface area contributed by atoms with Crippen molar-refractivity contribution in [2.24, 2.45) is 0 Å². The van der Waals surface area contributed by atoms with Gasteiger partial charge in [-0.1, -0.05) is 73.7 Å². The molecule has 0 radical (unpaired) electrons. The molecule has 1 N–H and O–H groups in total. The molecule has 41 heavy (non-hydrogen) atoms. The van der Waals surface area contributed by atoms with Crippen molar-refractivity contribution in [3.63, 3.8) is 0 Å². The predicted octanol–water partition coefficient (Wildman–Crippen LogP) is 7.47. The lowest BCUT2D eigenvalue weighted by molar-refractivity contribution is 0.0952. The van der Waals surface area contributed by atoms with Gasteiger partial charge in [0.2, 0.25) is 0 Å². The highest BCUT2D eigenvalue weighted by Crippen LogP contribution is 2.28. The van der Waals surface area contributed by atoms with Gasteiger partial charge in [-0.15, -0.1) is 0 Å². The van der Waals surface area contributed by atoms with Gasteiger partial charge in [-0.3, -0.25) is 4.79 Å². The lowest BCUT2D eigenvalue weighted by Gasteiger charge is -2.11. The summed E-state index contributed by atoms with van der Waals surface area (Å²) >= 11 is 0. The molecule has 6 aromatic rings. The van der Waals surface area contributed by atoms with E-state index < -0.39 is 0 Å². The van der Waals surface area contributed by atoms with Crippen molar-refractivity contribution in [2.75, 3.05) is 6.61 Å². The first-order valence-electron chi connectivity index (χ1n) is 13.8. The zero-order chi connectivity index (χ0) is 28.0. The van der Waals surface area contributed by atoms with Crippen LogP contribution < -0.4 is 10.1 Å². The highest BCUT2D eigenvalue weighted by atomic mass is 16.5. The molecule has 1 amide bonds. The first kappa shape index (κ1) is 26.0. The summed E-state index contributed by atoms with van der Waals surface area (Å²) in [6, 6.07) is 37.4. The van der Waals surface area contributed by atoms with Crippen LogP contribution in [0.5, 0.6) is 5.75 Å². The van der Waals surface area contributed by atoms with Gasteiger partial charge in [0.1, 0.15) is 5.75 Å². The number of amides is 1. The molecule has 0 saturated carbocycles. The number of nitrogens with one attached hydrogen (secondary N) is 1. The number of fused-ring (bicyclic) bond motifs is 1. The average Bonchev–Trinajstić information content (AvgIpc) is 3.47. The summed E-state index contributed by atoms with van der Waals surface area (Å²) in [7, 11) is 0. The van der Waals surface area contributed by atoms with E-state index in [9.17, 15) is 4.79 Å². The average molecular weight is 539 g/mol. The molecule has 4 aromatic carbocycles. The van der Waals surface area contributed by atoms with E-state index in [4.69, 9.17) is 14.8 Å². The van der Waals surface area contributed by atoms with E-state index >= 15 is 0 Å². The molecule has 0 fully saturated rings. The lowest BCUT2D eigenvalue weighted by atomic mass is 10.0. The van der Waals surface area contributed by atoms with Gasteiger partial charge < -0.3 is 10.1 Å². The number of nitrogens with zero attached hydrogens (tertiary/aromatic N) is 3. The Balaban J connectivity index is 1.32. The molecule has 0 aliphatic rings. The molecule has 202 valence electrons. The van der Waals surface area contributed by atoms with Crippen molar-refractivity contribution in [3.8, 4) is 34.0 Å². The van der Waals surface area contributed by atoms with Crippen molar-refractivity contribution >= 4 is 16.8 Å². The van der Waals surface area contributed by atoms with Crippen LogP contribution in [0.1, 0.15) is 29.3 Å². The first-order chi connectivity index (χ1) is 20.2. The number of hydrogen-bond acceptors (Lipinski definition) is 4. The van der Waals surface area contributed by atoms with Crippen LogP contribution in [0.15, 0.2) is 121 Å². The maximum atomic E-state index is 13.7. The second-order valence-electron chi connectivity index (χ2n) is 9.78. The number of carbonyl (C=O) groups is 1. The Morgan fingerprint density at radius 3 is 2.29 bits per heavy atom. The first-order valence-corrected chi connectivity index (χ1v) is 13.8. The van der Waals surface area contributed by atoms with Gasteiger partial charge in [0.05, 0.1) is 34.8 Å². The van der Waals surface area contributed by atoms with Crippen LogP contribution >= 0.6 is 0 Å². The molecule has 0 aliphatic heterocycles. The quantitative estimate of drug-likeness (QED) is 0.207. The molecule has 6 rings (SSSR count). The fraction of sp³-hybridized carbons (Fsp3) is 0.114. The highest BCUT2D eigenvalue weighted by Gasteiger charge is 2.17. The van der Waals surface area contributed by atoms with Crippen LogP contribution in [0.25, 0.3) is 39.1 Å². The summed E-state index contributed by atoms with van der Waals surface area (Å²) in [5.74, 6) is 0.661. The normalized spacial score (nSPS) is 11.0. The zero-order valence-corrected chi connectivity index (χ0v) is 22.8. The van der Waals surface area contributed by atoms with Crippen LogP contribution in [0.2, 0.25) is 0 Å². The van der Waals surface area contributed by atoms with Crippen molar-refractivity contribution in [1.29, 1.82) is 0 Å². The van der Waals surface area contributed by atoms with Crippen LogP contribution in [-0.2, 0) is 6.54 Å². The SMILES string of the molecule is CCCOc1ccc(-c2nn(-c3ccccc3)cc2CNC(=O)c2cc(-c3ccccc3)nc3ccccc23)cc1. The monoisotopic (exact) mass is 538 g/mol. The van der Waals surface area contributed by atoms with Crippen LogP contribution in [-0.4, -0.2) is 27.3 Å². The second-order valence-corrected chi connectivity index (χ2v) is 9.78. The van der Waals surface area contributed by atoms with E-state index in [1.807, 2.05) is 126 Å². The second kappa shape index (κ2) is 11.9. The molecule has 0 saturated heterocycles. The van der Waals surface area contributed by atoms with Crippen molar-refractivity contribution < 1.29 is 9.53 Å². The molecule has 6 heteroatoms. The maximum absolute atomic E-state index is 13.7. The topological polar surface area (TPSA) is 69.0 Å². The third-order valence-corrected chi connectivity index (χ3v) is 6.88. The van der Waals surface area contributed by atoms with Crippen LogP contribution in [0.4, 0.5) is 0 Å². The maximum Gasteiger partial charge on any atom is 0.252 e. The summed E-state index contributed by atoms with van der Waals surface area (Å²) in [4.78, 5) is 18.5. The lowest BCUT2D eigenvalue weighted by Crippen LogP contribution is -2.23. The summed E-state index contributed by atoms with van der Waals surface area (Å²) in [6.45, 7) is 3.07. The van der Waals surface area contributed by atoms with Crippen LogP contribution in [0, 0.1) is 0 Å². The Kier molecular flexibility index (Phi) is 7.54. The molecular weight excluding hydrogens is 508 g/mol. The minimum atomic E-state index is -0.164. The van der Waals surface area contributed by atoms with Gasteiger partial charge in [0.25, 0.3) is 5.91 Å². The van der Waals surface area contributed by atoms with Crippen LogP contribution in [0.3, 0.4) is 0 Å². The Bertz CT molecular complexity index is 1780. The predicted molar refractivity (Wildman–Crippen MR) is 163 cm³/mol. The number of benzene rings is 4. The Hall–Kier alpha value is -5.23. The highest BCUT2D eigenvalue weighted by molar-refractivity contribution is 6.07. The van der Waals surface area contributed by atoms with E-state index in [1.165, 1.54) is 0 Å². The van der Waals surface area contributed by atoms with E-state index in [0.29, 0.717) is 18.7 Å². The van der Waals surface area contributed by atoms with Gasteiger partial charge in [-0.2, -0.15) is 5.10 Å². The summed E-state index contributed by atoms with van der Waals surface area (Å²) < 4.78 is 7.62. The molecule has 0 aliphatic carbocycles. The molecule has 6 nitrogen and oxygen atoms in total. The molecule has 0 bridgehead atoms. The molecule has 0 spiro atoms. The van der Waals surface area contributed by atoms with Gasteiger partial charge in [-0.25, -0.2) is 9.67 Å². The number of hydrogen-bond donors (Lipinski definition) is 1. The minimum Gasteiger partial charge on any atom is -0.494 e. The summed E-state index contributed by atoms with van der Waals surface area (Å²) in [5, 5.41) is 8.88. The Labute approximate surface area is 239 Å². The fourth-order valence-electron chi connectivity index (χ4n) is 4.81. The Morgan fingerprint density at radius 2 is 1.54 bits per heavy atom. The molecule has 0 unspecified atom stereocenters. The van der Waals surface area contributed by atoms with Crippen molar-refractivity contribution in [1.82, 2.24) is 20.1 Å². The van der Waals surface area contributed by atoms with Gasteiger partial charge in [0.15, 0.2) is 0 Å². The molecular formula is C35H30N4O2. The number of aromatic nitrogens is 3. The smallest absolute Gasteiger partial charge is 0.252 e. The van der Waals surface area contributed by atoms with E-state index in [0.717, 1.165) is 56.8 Å². The van der Waals surface area contributed by atoms with Crippen molar-refractivity contribution in [2.45, 2.75) is 19.9 Å². The Morgan fingerprint density at radius 1 is 0.829 bits per heavy atom. The largest absolute Gasteiger partial charge is 0.494 e. The van der Waals surface area contributed by atoms with Gasteiger partial charge in [-0.05, 0) is 55.0 Å². The van der Waals surface area contributed by atoms with Gasteiger partial charge >= 0.3 is 0 Å². The summed E-state index contributed by atoms with van der Waals surface area (Å²) in [5.41, 5.74) is 6.70. The molecule has 2 aromatic heterocycles. The zero-order valence-electron chi connectivity index (χ0n) is 22.8. The molecule has 2 heterocycles. The molecule has 0 atom stereocenters. The van der Waals surface area contributed by atoms with E-state index in [1.54, 1.807) is 0 Å². The number of rotatable bonds is 9. The van der Waals surface area contributed by atoms with E-state index in [-0.39, 0.29) is 5.91 Å². The number of carbonyl (C=O) groups excluding carboxylic acids is 1. The minimum absolute atomic E-state index is 0.164. The number of pyridine rings is 1. The standard InChI is InChI=1S/C35H30N4O2/c1-2-21-41-29-19-17-26(18-20-29)34-27(24-39(38-34)28-13-7-4-8-14-28)23-36-35(40)31-22-33(25-11-5-3-6-12-25)37-32-16-10-9-15-30(31)32/h3-20,22,24H,2,21,23H2,1H3,(H,36,40). The fourth-order valence-corrected chi connectivity index (χ4v) is 4.81. The third-order valence-electron chi connectivity index (χ3n) is 6.88. The summed E-state index contributed by atoms with van der Waals surface area (Å²) in [6.07, 6.45) is 2.93. The third kappa shape index (κ3) is 5.72. The number of ether oxygens (including phenoxy) is 1.